The SMILES string of the molecule is COC(=O)c1cccc(N2C=C(C(=O)N3CCCCC3)S(=O)(=O)c3ccc(F)cc32)c1. The van der Waals surface area contributed by atoms with Crippen LogP contribution in [0.25, 0.3) is 0 Å². The number of anilines is 2. The number of hydrogen-bond donors (Lipinski definition) is 0. The summed E-state index contributed by atoms with van der Waals surface area (Å²) >= 11 is 0. The van der Waals surface area contributed by atoms with Gasteiger partial charge in [0.2, 0.25) is 9.84 Å². The summed E-state index contributed by atoms with van der Waals surface area (Å²) in [7, 11) is -2.90. The molecular weight excluding hydrogens is 423 g/mol. The monoisotopic (exact) mass is 444 g/mol. The predicted molar refractivity (Wildman–Crippen MR) is 112 cm³/mol. The molecule has 2 aromatic carbocycles. The Morgan fingerprint density at radius 2 is 1.77 bits per heavy atom. The number of benzene rings is 2. The quantitative estimate of drug-likeness (QED) is 0.533. The lowest BCUT2D eigenvalue weighted by molar-refractivity contribution is -0.127. The second kappa shape index (κ2) is 8.14. The van der Waals surface area contributed by atoms with Crippen LogP contribution < -0.4 is 4.90 Å². The summed E-state index contributed by atoms with van der Waals surface area (Å²) in [6.45, 7) is 0.972. The Kier molecular flexibility index (Phi) is 5.53. The standard InChI is InChI=1S/C22H21FN2O5S/c1-30-22(27)15-6-5-7-17(12-15)25-14-20(21(26)24-10-3-2-4-11-24)31(28,29)19-9-8-16(23)13-18(19)25/h5-9,12-14H,2-4,10-11H2,1H3. The summed E-state index contributed by atoms with van der Waals surface area (Å²) in [6.07, 6.45) is 3.83. The maximum absolute atomic E-state index is 14.1. The Morgan fingerprint density at radius 3 is 2.48 bits per heavy atom. The van der Waals surface area contributed by atoms with Gasteiger partial charge in [0.25, 0.3) is 5.91 Å². The average Bonchev–Trinajstić information content (AvgIpc) is 2.78. The van der Waals surface area contributed by atoms with E-state index in [0.717, 1.165) is 37.5 Å². The van der Waals surface area contributed by atoms with Crippen molar-refractivity contribution in [1.82, 2.24) is 4.90 Å². The van der Waals surface area contributed by atoms with Crippen molar-refractivity contribution < 1.29 is 27.1 Å². The van der Waals surface area contributed by atoms with Crippen molar-refractivity contribution in [1.29, 1.82) is 0 Å². The number of esters is 1. The first-order valence-electron chi connectivity index (χ1n) is 9.86. The van der Waals surface area contributed by atoms with Gasteiger partial charge in [0.1, 0.15) is 5.82 Å². The van der Waals surface area contributed by atoms with Gasteiger partial charge in [-0.2, -0.15) is 0 Å². The van der Waals surface area contributed by atoms with Crippen molar-refractivity contribution in [3.8, 4) is 0 Å². The zero-order valence-electron chi connectivity index (χ0n) is 16.9. The van der Waals surface area contributed by atoms with E-state index in [9.17, 15) is 22.4 Å². The Balaban J connectivity index is 1.87. The van der Waals surface area contributed by atoms with Crippen LogP contribution >= 0.6 is 0 Å². The Morgan fingerprint density at radius 1 is 1.03 bits per heavy atom. The fraction of sp³-hybridized carbons (Fsp3) is 0.273. The van der Waals surface area contributed by atoms with E-state index in [1.54, 1.807) is 18.2 Å². The number of rotatable bonds is 3. The number of ether oxygens (including phenoxy) is 1. The third-order valence-electron chi connectivity index (χ3n) is 5.41. The molecule has 0 saturated carbocycles. The minimum Gasteiger partial charge on any atom is -0.465 e. The predicted octanol–water partition coefficient (Wildman–Crippen LogP) is 3.39. The first-order valence-corrected chi connectivity index (χ1v) is 11.3. The van der Waals surface area contributed by atoms with E-state index in [4.69, 9.17) is 4.74 Å². The highest BCUT2D eigenvalue weighted by atomic mass is 32.2. The first kappa shape index (κ1) is 21.0. The molecule has 0 radical (unpaired) electrons. The number of carbonyl (C=O) groups excluding carboxylic acids is 2. The Labute approximate surface area is 179 Å². The van der Waals surface area contributed by atoms with Crippen LogP contribution in [0.3, 0.4) is 0 Å². The van der Waals surface area contributed by atoms with Gasteiger partial charge in [0.05, 0.1) is 23.3 Å². The molecule has 0 atom stereocenters. The molecule has 0 aliphatic carbocycles. The molecule has 1 saturated heterocycles. The number of hydrogen-bond acceptors (Lipinski definition) is 6. The molecule has 7 nitrogen and oxygen atoms in total. The van der Waals surface area contributed by atoms with Gasteiger partial charge < -0.3 is 14.5 Å². The van der Waals surface area contributed by atoms with Gasteiger partial charge in [-0.25, -0.2) is 17.6 Å². The van der Waals surface area contributed by atoms with Crippen LogP contribution in [0.2, 0.25) is 0 Å². The molecule has 2 aliphatic heterocycles. The second-order valence-corrected chi connectivity index (χ2v) is 9.26. The third-order valence-corrected chi connectivity index (χ3v) is 7.19. The number of fused-ring (bicyclic) bond motifs is 1. The van der Waals surface area contributed by atoms with Crippen molar-refractivity contribution in [2.24, 2.45) is 0 Å². The van der Waals surface area contributed by atoms with Gasteiger partial charge in [-0.1, -0.05) is 6.07 Å². The number of methoxy groups -OCH3 is 1. The third kappa shape index (κ3) is 3.81. The summed E-state index contributed by atoms with van der Waals surface area (Å²) in [4.78, 5) is 27.5. The molecule has 1 fully saturated rings. The maximum Gasteiger partial charge on any atom is 0.337 e. The number of likely N-dealkylation sites (tertiary alicyclic amines) is 1. The van der Waals surface area contributed by atoms with E-state index in [0.29, 0.717) is 18.8 Å². The van der Waals surface area contributed by atoms with Gasteiger partial charge in [-0.15, -0.1) is 0 Å². The van der Waals surface area contributed by atoms with Gasteiger partial charge in [-0.3, -0.25) is 4.79 Å². The van der Waals surface area contributed by atoms with Crippen LogP contribution in [0.5, 0.6) is 0 Å². The lowest BCUT2D eigenvalue weighted by atomic mass is 10.1. The van der Waals surface area contributed by atoms with Gasteiger partial charge in [-0.05, 0) is 55.7 Å². The molecule has 9 heteroatoms. The summed E-state index contributed by atoms with van der Waals surface area (Å²) in [5.41, 5.74) is 0.703. The number of piperidine rings is 1. The molecule has 31 heavy (non-hydrogen) atoms. The molecule has 2 heterocycles. The Hall–Kier alpha value is -3.20. The lowest BCUT2D eigenvalue weighted by Crippen LogP contribution is -2.39. The Bertz CT molecular complexity index is 1190. The molecule has 1 amide bonds. The minimum atomic E-state index is -4.15. The molecule has 0 N–H and O–H groups in total. The van der Waals surface area contributed by atoms with Crippen LogP contribution in [0, 0.1) is 5.82 Å². The molecule has 0 unspecified atom stereocenters. The number of sulfone groups is 1. The maximum atomic E-state index is 14.1. The molecule has 0 bridgehead atoms. The van der Waals surface area contributed by atoms with Crippen molar-refractivity contribution in [2.75, 3.05) is 25.1 Å². The number of carbonyl (C=O) groups is 2. The summed E-state index contributed by atoms with van der Waals surface area (Å²) in [5, 5.41) is 0. The average molecular weight is 444 g/mol. The fourth-order valence-electron chi connectivity index (χ4n) is 3.82. The summed E-state index contributed by atoms with van der Waals surface area (Å²) in [6, 6.07) is 9.59. The minimum absolute atomic E-state index is 0.0669. The molecule has 2 aromatic rings. The molecule has 0 aromatic heterocycles. The molecular formula is C22H21FN2O5S. The zero-order valence-corrected chi connectivity index (χ0v) is 17.7. The zero-order chi connectivity index (χ0) is 22.2. The topological polar surface area (TPSA) is 84.0 Å². The van der Waals surface area contributed by atoms with E-state index < -0.39 is 27.5 Å². The summed E-state index contributed by atoms with van der Waals surface area (Å²) in [5.74, 6) is -1.77. The molecule has 162 valence electrons. The van der Waals surface area contributed by atoms with Crippen LogP contribution in [0.1, 0.15) is 29.6 Å². The van der Waals surface area contributed by atoms with Crippen molar-refractivity contribution in [2.45, 2.75) is 24.2 Å². The van der Waals surface area contributed by atoms with Crippen LogP contribution in [0.15, 0.2) is 58.5 Å². The molecule has 2 aliphatic rings. The van der Waals surface area contributed by atoms with E-state index in [1.807, 2.05) is 0 Å². The highest BCUT2D eigenvalue weighted by Crippen LogP contribution is 2.40. The number of nitrogens with zero attached hydrogens (tertiary/aromatic N) is 2. The van der Waals surface area contributed by atoms with Crippen LogP contribution in [-0.2, 0) is 19.4 Å². The molecule has 0 spiro atoms. The van der Waals surface area contributed by atoms with Crippen molar-refractivity contribution in [3.63, 3.8) is 0 Å². The van der Waals surface area contributed by atoms with Gasteiger partial charge >= 0.3 is 5.97 Å². The highest BCUT2D eigenvalue weighted by molar-refractivity contribution is 7.96. The highest BCUT2D eigenvalue weighted by Gasteiger charge is 2.38. The molecule has 4 rings (SSSR count). The normalized spacial score (nSPS) is 17.5. The van der Waals surface area contributed by atoms with E-state index >= 15 is 0 Å². The van der Waals surface area contributed by atoms with Crippen molar-refractivity contribution >= 4 is 33.1 Å². The van der Waals surface area contributed by atoms with E-state index in [1.165, 1.54) is 29.2 Å². The van der Waals surface area contributed by atoms with E-state index in [2.05, 4.69) is 0 Å². The number of amides is 1. The summed E-state index contributed by atoms with van der Waals surface area (Å²) < 4.78 is 45.3. The smallest absolute Gasteiger partial charge is 0.337 e. The largest absolute Gasteiger partial charge is 0.465 e. The number of halogens is 1. The van der Waals surface area contributed by atoms with Gasteiger partial charge in [0, 0.05) is 25.0 Å². The first-order chi connectivity index (χ1) is 14.8. The van der Waals surface area contributed by atoms with Crippen LogP contribution in [-0.4, -0.2) is 45.4 Å². The lowest BCUT2D eigenvalue weighted by Gasteiger charge is -2.32. The van der Waals surface area contributed by atoms with Crippen LogP contribution in [0.4, 0.5) is 15.8 Å². The van der Waals surface area contributed by atoms with Gasteiger partial charge in [0.15, 0.2) is 4.91 Å². The van der Waals surface area contributed by atoms with E-state index in [-0.39, 0.29) is 21.1 Å². The fourth-order valence-corrected chi connectivity index (χ4v) is 5.34. The van der Waals surface area contributed by atoms with Crippen molar-refractivity contribution in [3.05, 3.63) is 65.0 Å². The second-order valence-electron chi connectivity index (χ2n) is 7.37.